The van der Waals surface area contributed by atoms with Crippen LogP contribution in [-0.2, 0) is 14.6 Å². The highest BCUT2D eigenvalue weighted by atomic mass is 35.5. The molecule has 2 saturated heterocycles. The van der Waals surface area contributed by atoms with Crippen molar-refractivity contribution < 1.29 is 22.3 Å². The molecule has 0 spiro atoms. The third-order valence-electron chi connectivity index (χ3n) is 6.54. The maximum absolute atomic E-state index is 13.6. The molecule has 34 heavy (non-hydrogen) atoms. The lowest BCUT2D eigenvalue weighted by molar-refractivity contribution is -0.135. The van der Waals surface area contributed by atoms with E-state index in [1.807, 2.05) is 12.1 Å². The predicted molar refractivity (Wildman–Crippen MR) is 131 cm³/mol. The maximum atomic E-state index is 13.6. The second-order valence-electron chi connectivity index (χ2n) is 9.49. The number of hydrogen-bond donors (Lipinski definition) is 1. The van der Waals surface area contributed by atoms with Gasteiger partial charge in [0, 0.05) is 30.1 Å². The number of fused-ring (bicyclic) bond motifs is 2. The summed E-state index contributed by atoms with van der Waals surface area (Å²) in [6.45, 7) is 3.26. The molecule has 2 atom stereocenters. The monoisotopic (exact) mass is 528 g/mol. The van der Waals surface area contributed by atoms with Gasteiger partial charge >= 0.3 is 0 Å². The zero-order valence-electron chi connectivity index (χ0n) is 19.1. The summed E-state index contributed by atoms with van der Waals surface area (Å²) >= 11 is 11.9. The number of benzene rings is 2. The minimum absolute atomic E-state index is 0.0216. The van der Waals surface area contributed by atoms with E-state index < -0.39 is 21.3 Å². The van der Waals surface area contributed by atoms with Gasteiger partial charge in [0.25, 0.3) is 5.91 Å². The fraction of sp³-hybridized carbons (Fsp3) is 0.458. The Hall–Kier alpha value is -2.03. The largest absolute Gasteiger partial charge is 0.476 e. The zero-order chi connectivity index (χ0) is 24.8. The van der Waals surface area contributed by atoms with Gasteiger partial charge in [0.05, 0.1) is 9.92 Å². The van der Waals surface area contributed by atoms with E-state index >= 15 is 0 Å². The summed E-state index contributed by atoms with van der Waals surface area (Å²) in [4.78, 5) is 15.7. The van der Waals surface area contributed by atoms with E-state index in [-0.39, 0.29) is 39.8 Å². The van der Waals surface area contributed by atoms with Crippen LogP contribution in [0.2, 0.25) is 10.0 Å². The Morgan fingerprint density at radius 3 is 2.21 bits per heavy atom. The normalized spacial score (nSPS) is 22.5. The standard InChI is InChI=1S/C24H27Cl2FN2O4S/c1-24(2,33-20-11-10-19(27)21(25)22(20)26)23(30)28-14-12-16-4-5-17(13-14)29(16)15-6-8-18(9-7-15)34(3,31)32/h6-11,14,16-17H,4-5,12-13H2,1-3H3,(H,28,30). The smallest absolute Gasteiger partial charge is 0.263 e. The molecule has 2 fully saturated rings. The van der Waals surface area contributed by atoms with Gasteiger partial charge in [0.15, 0.2) is 15.4 Å². The Labute approximate surface area is 209 Å². The quantitative estimate of drug-likeness (QED) is 0.533. The lowest BCUT2D eigenvalue weighted by Crippen LogP contribution is -2.55. The first-order valence-corrected chi connectivity index (χ1v) is 13.7. The van der Waals surface area contributed by atoms with Crippen LogP contribution < -0.4 is 15.0 Å². The maximum Gasteiger partial charge on any atom is 0.263 e. The summed E-state index contributed by atoms with van der Waals surface area (Å²) in [5.41, 5.74) is -0.251. The highest BCUT2D eigenvalue weighted by Crippen LogP contribution is 2.40. The fourth-order valence-electron chi connectivity index (χ4n) is 4.85. The lowest BCUT2D eigenvalue weighted by Gasteiger charge is -2.41. The van der Waals surface area contributed by atoms with Gasteiger partial charge in [-0.15, -0.1) is 0 Å². The van der Waals surface area contributed by atoms with Gasteiger partial charge in [-0.2, -0.15) is 0 Å². The molecule has 2 aliphatic heterocycles. The molecule has 2 bridgehead atoms. The minimum Gasteiger partial charge on any atom is -0.476 e. The molecule has 0 saturated carbocycles. The van der Waals surface area contributed by atoms with Crippen molar-refractivity contribution in [2.24, 2.45) is 0 Å². The molecular formula is C24H27Cl2FN2O4S. The van der Waals surface area contributed by atoms with E-state index in [1.165, 1.54) is 12.3 Å². The number of rotatable bonds is 6. The van der Waals surface area contributed by atoms with E-state index in [4.69, 9.17) is 27.9 Å². The minimum atomic E-state index is -3.24. The SMILES string of the molecule is CC(C)(Oc1ccc(F)c(Cl)c1Cl)C(=O)NC1CC2CCC(C1)N2c1ccc(S(C)(=O)=O)cc1. The van der Waals surface area contributed by atoms with Crippen molar-refractivity contribution in [1.82, 2.24) is 5.32 Å². The van der Waals surface area contributed by atoms with Crippen LogP contribution in [0.25, 0.3) is 0 Å². The van der Waals surface area contributed by atoms with Gasteiger partial charge in [-0.1, -0.05) is 23.2 Å². The Balaban J connectivity index is 1.42. The Bertz CT molecular complexity index is 1190. The highest BCUT2D eigenvalue weighted by Gasteiger charge is 2.42. The topological polar surface area (TPSA) is 75.7 Å². The van der Waals surface area contributed by atoms with E-state index in [1.54, 1.807) is 26.0 Å². The zero-order valence-corrected chi connectivity index (χ0v) is 21.5. The molecule has 2 unspecified atom stereocenters. The van der Waals surface area contributed by atoms with E-state index in [2.05, 4.69) is 10.2 Å². The number of anilines is 1. The van der Waals surface area contributed by atoms with Crippen LogP contribution in [-0.4, -0.2) is 44.3 Å². The molecule has 6 nitrogen and oxygen atoms in total. The Morgan fingerprint density at radius 1 is 1.06 bits per heavy atom. The van der Waals surface area contributed by atoms with Crippen molar-refractivity contribution in [1.29, 1.82) is 0 Å². The first kappa shape index (κ1) is 25.1. The summed E-state index contributed by atoms with van der Waals surface area (Å²) in [5.74, 6) is -0.811. The number of amides is 1. The summed E-state index contributed by atoms with van der Waals surface area (Å²) < 4.78 is 42.9. The van der Waals surface area contributed by atoms with Crippen LogP contribution >= 0.6 is 23.2 Å². The van der Waals surface area contributed by atoms with Crippen LogP contribution in [0.5, 0.6) is 5.75 Å². The molecule has 184 valence electrons. The number of piperidine rings is 1. The molecule has 4 rings (SSSR count). The second-order valence-corrected chi connectivity index (χ2v) is 12.3. The Kier molecular flexibility index (Phi) is 6.79. The van der Waals surface area contributed by atoms with E-state index in [0.717, 1.165) is 37.4 Å². The second kappa shape index (κ2) is 9.21. The average molecular weight is 529 g/mol. The molecule has 0 radical (unpaired) electrons. The van der Waals surface area contributed by atoms with Gasteiger partial charge in [0.2, 0.25) is 0 Å². The number of nitrogens with one attached hydrogen (secondary N) is 1. The van der Waals surface area contributed by atoms with Gasteiger partial charge in [0.1, 0.15) is 16.6 Å². The molecule has 1 N–H and O–H groups in total. The number of carbonyl (C=O) groups is 1. The van der Waals surface area contributed by atoms with Crippen molar-refractivity contribution in [3.05, 3.63) is 52.3 Å². The van der Waals surface area contributed by atoms with Crippen LogP contribution in [0, 0.1) is 5.82 Å². The van der Waals surface area contributed by atoms with Crippen molar-refractivity contribution in [3.8, 4) is 5.75 Å². The number of sulfone groups is 1. The number of halogens is 3. The number of carbonyl (C=O) groups excluding carboxylic acids is 1. The van der Waals surface area contributed by atoms with Gasteiger partial charge in [-0.3, -0.25) is 4.79 Å². The molecule has 0 aliphatic carbocycles. The number of hydrogen-bond acceptors (Lipinski definition) is 5. The molecule has 10 heteroatoms. The van der Waals surface area contributed by atoms with E-state index in [9.17, 15) is 17.6 Å². The van der Waals surface area contributed by atoms with Crippen molar-refractivity contribution >= 4 is 44.6 Å². The van der Waals surface area contributed by atoms with Gasteiger partial charge in [-0.05, 0) is 75.9 Å². The first-order chi connectivity index (χ1) is 15.9. The number of nitrogens with zero attached hydrogens (tertiary/aromatic N) is 1. The van der Waals surface area contributed by atoms with Gasteiger partial charge < -0.3 is 15.0 Å². The lowest BCUT2D eigenvalue weighted by atomic mass is 9.95. The third-order valence-corrected chi connectivity index (χ3v) is 8.51. The molecule has 2 aliphatic rings. The van der Waals surface area contributed by atoms with Crippen molar-refractivity contribution in [3.63, 3.8) is 0 Å². The van der Waals surface area contributed by atoms with E-state index in [0.29, 0.717) is 4.90 Å². The molecule has 1 amide bonds. The summed E-state index contributed by atoms with van der Waals surface area (Å²) in [7, 11) is -3.24. The van der Waals surface area contributed by atoms with Crippen molar-refractivity contribution in [2.75, 3.05) is 11.2 Å². The summed E-state index contributed by atoms with van der Waals surface area (Å²) in [6, 6.07) is 9.98. The fourth-order valence-corrected chi connectivity index (χ4v) is 5.83. The Morgan fingerprint density at radius 2 is 1.65 bits per heavy atom. The molecular weight excluding hydrogens is 502 g/mol. The van der Waals surface area contributed by atoms with Crippen molar-refractivity contribution in [2.45, 2.75) is 68.2 Å². The average Bonchev–Trinajstić information content (AvgIpc) is 3.04. The van der Waals surface area contributed by atoms with Crippen LogP contribution in [0.1, 0.15) is 39.5 Å². The highest BCUT2D eigenvalue weighted by molar-refractivity contribution is 7.90. The predicted octanol–water partition coefficient (Wildman–Crippen LogP) is 5.01. The molecule has 2 aromatic rings. The van der Waals surface area contributed by atoms with Crippen LogP contribution in [0.15, 0.2) is 41.3 Å². The first-order valence-electron chi connectivity index (χ1n) is 11.1. The number of ether oxygens (including phenoxy) is 1. The van der Waals surface area contributed by atoms with Crippen LogP contribution in [0.4, 0.5) is 10.1 Å². The van der Waals surface area contributed by atoms with Gasteiger partial charge in [-0.25, -0.2) is 12.8 Å². The third kappa shape index (κ3) is 4.99. The molecule has 0 aromatic heterocycles. The molecule has 2 aromatic carbocycles. The molecule has 2 heterocycles. The summed E-state index contributed by atoms with van der Waals surface area (Å²) in [5, 5.41) is 2.79. The van der Waals surface area contributed by atoms with Crippen LogP contribution in [0.3, 0.4) is 0 Å². The summed E-state index contributed by atoms with van der Waals surface area (Å²) in [6.07, 6.45) is 4.76.